The highest BCUT2D eigenvalue weighted by molar-refractivity contribution is 6.31. The van der Waals surface area contributed by atoms with Gasteiger partial charge in [0.15, 0.2) is 0 Å². The highest BCUT2D eigenvalue weighted by atomic mass is 35.5. The van der Waals surface area contributed by atoms with E-state index in [0.717, 1.165) is 12.4 Å². The molecule has 1 aromatic carbocycles. The lowest BCUT2D eigenvalue weighted by molar-refractivity contribution is -0.385. The molecular weight excluding hydrogens is 303 g/mol. The third-order valence-corrected chi connectivity index (χ3v) is 2.72. The van der Waals surface area contributed by atoms with E-state index in [2.05, 4.69) is 15.3 Å². The number of hydrogen-bond donors (Lipinski definition) is 1. The summed E-state index contributed by atoms with van der Waals surface area (Å²) in [4.78, 5) is 18.0. The largest absolute Gasteiger partial charge is 0.473 e. The van der Waals surface area contributed by atoms with E-state index >= 15 is 0 Å². The molecule has 9 heteroatoms. The number of anilines is 2. The van der Waals surface area contributed by atoms with E-state index in [1.165, 1.54) is 12.1 Å². The molecule has 0 saturated carbocycles. The zero-order chi connectivity index (χ0) is 15.4. The van der Waals surface area contributed by atoms with Gasteiger partial charge in [0, 0.05) is 5.69 Å². The van der Waals surface area contributed by atoms with Crippen molar-refractivity contribution < 1.29 is 14.1 Å². The van der Waals surface area contributed by atoms with Gasteiger partial charge in [0.25, 0.3) is 5.88 Å². The molecule has 21 heavy (non-hydrogen) atoms. The molecule has 0 amide bonds. The second-order valence-electron chi connectivity index (χ2n) is 3.82. The Morgan fingerprint density at radius 1 is 1.48 bits per heavy atom. The van der Waals surface area contributed by atoms with Crippen molar-refractivity contribution in [2.45, 2.75) is 6.92 Å². The number of rotatable bonds is 5. The zero-order valence-corrected chi connectivity index (χ0v) is 11.6. The fourth-order valence-corrected chi connectivity index (χ4v) is 1.75. The number of halogens is 2. The van der Waals surface area contributed by atoms with Crippen molar-refractivity contribution in [1.82, 2.24) is 9.97 Å². The van der Waals surface area contributed by atoms with Gasteiger partial charge in [-0.2, -0.15) is 4.98 Å². The molecule has 0 spiro atoms. The number of aromatic nitrogens is 2. The average Bonchev–Trinajstić information content (AvgIpc) is 2.43. The van der Waals surface area contributed by atoms with Crippen LogP contribution in [-0.4, -0.2) is 21.5 Å². The monoisotopic (exact) mass is 312 g/mol. The molecule has 0 radical (unpaired) electrons. The summed E-state index contributed by atoms with van der Waals surface area (Å²) >= 11 is 5.66. The van der Waals surface area contributed by atoms with E-state index in [-0.39, 0.29) is 23.3 Å². The Balaban J connectivity index is 2.41. The SMILES string of the molecule is CCOc1ncnc(Nc2ccc(F)c(Cl)c2)c1[N+](=O)[O-]. The number of ether oxygens (including phenoxy) is 1. The van der Waals surface area contributed by atoms with Gasteiger partial charge >= 0.3 is 5.69 Å². The first-order valence-corrected chi connectivity index (χ1v) is 6.25. The topological polar surface area (TPSA) is 90.2 Å². The van der Waals surface area contributed by atoms with Gasteiger partial charge < -0.3 is 10.1 Å². The Labute approximate surface area is 123 Å². The minimum Gasteiger partial charge on any atom is -0.473 e. The van der Waals surface area contributed by atoms with Gasteiger partial charge in [-0.15, -0.1) is 0 Å². The zero-order valence-electron chi connectivity index (χ0n) is 10.8. The molecule has 0 aliphatic rings. The second kappa shape index (κ2) is 6.31. The first-order valence-electron chi connectivity index (χ1n) is 5.87. The number of benzene rings is 1. The highest BCUT2D eigenvalue weighted by Gasteiger charge is 2.24. The fourth-order valence-electron chi connectivity index (χ4n) is 1.57. The molecule has 2 rings (SSSR count). The normalized spacial score (nSPS) is 10.2. The van der Waals surface area contributed by atoms with Crippen LogP contribution in [0.3, 0.4) is 0 Å². The minimum atomic E-state index is -0.654. The summed E-state index contributed by atoms with van der Waals surface area (Å²) in [7, 11) is 0. The molecule has 1 N–H and O–H groups in total. The number of nitrogens with zero attached hydrogens (tertiary/aromatic N) is 3. The van der Waals surface area contributed by atoms with E-state index in [0.29, 0.717) is 5.69 Å². The maximum Gasteiger partial charge on any atom is 0.373 e. The van der Waals surface area contributed by atoms with Gasteiger partial charge in [-0.05, 0) is 25.1 Å². The lowest BCUT2D eigenvalue weighted by atomic mass is 10.3. The van der Waals surface area contributed by atoms with Crippen LogP contribution < -0.4 is 10.1 Å². The van der Waals surface area contributed by atoms with Crippen molar-refractivity contribution in [1.29, 1.82) is 0 Å². The molecule has 110 valence electrons. The second-order valence-corrected chi connectivity index (χ2v) is 4.23. The van der Waals surface area contributed by atoms with Crippen LogP contribution in [0.1, 0.15) is 6.92 Å². The molecule has 2 aromatic rings. The van der Waals surface area contributed by atoms with Crippen molar-refractivity contribution in [2.24, 2.45) is 0 Å². The maximum absolute atomic E-state index is 13.1. The molecule has 1 aromatic heterocycles. The van der Waals surface area contributed by atoms with Crippen molar-refractivity contribution in [3.8, 4) is 5.88 Å². The van der Waals surface area contributed by atoms with Crippen molar-refractivity contribution in [2.75, 3.05) is 11.9 Å². The van der Waals surface area contributed by atoms with Crippen LogP contribution in [-0.2, 0) is 0 Å². The van der Waals surface area contributed by atoms with Crippen LogP contribution in [0, 0.1) is 15.9 Å². The summed E-state index contributed by atoms with van der Waals surface area (Å²) in [5, 5.41) is 13.7. The Bertz CT molecular complexity index is 684. The first-order chi connectivity index (χ1) is 10.0. The maximum atomic E-state index is 13.1. The molecule has 0 bridgehead atoms. The summed E-state index contributed by atoms with van der Waals surface area (Å²) in [5.41, 5.74) is -0.0505. The molecule has 0 unspecified atom stereocenters. The Morgan fingerprint density at radius 3 is 2.86 bits per heavy atom. The van der Waals surface area contributed by atoms with Crippen molar-refractivity contribution in [3.05, 3.63) is 45.5 Å². The van der Waals surface area contributed by atoms with E-state index in [1.807, 2.05) is 0 Å². The van der Waals surface area contributed by atoms with Gasteiger partial charge in [-0.3, -0.25) is 10.1 Å². The van der Waals surface area contributed by atoms with Crippen LogP contribution >= 0.6 is 11.6 Å². The molecular formula is C12H10ClFN4O3. The van der Waals surface area contributed by atoms with Gasteiger partial charge in [-0.1, -0.05) is 11.6 Å². The van der Waals surface area contributed by atoms with E-state index < -0.39 is 16.4 Å². The first kappa shape index (κ1) is 14.9. The van der Waals surface area contributed by atoms with Gasteiger partial charge in [-0.25, -0.2) is 9.37 Å². The van der Waals surface area contributed by atoms with Gasteiger partial charge in [0.1, 0.15) is 12.1 Å². The van der Waals surface area contributed by atoms with Crippen LogP contribution in [0.4, 0.5) is 21.6 Å². The number of nitro groups is 1. The van der Waals surface area contributed by atoms with Gasteiger partial charge in [0.05, 0.1) is 16.6 Å². The molecule has 0 aliphatic carbocycles. The third kappa shape index (κ3) is 3.34. The van der Waals surface area contributed by atoms with Crippen LogP contribution in [0.2, 0.25) is 5.02 Å². The average molecular weight is 313 g/mol. The quantitative estimate of drug-likeness (QED) is 0.672. The van der Waals surface area contributed by atoms with Crippen LogP contribution in [0.25, 0.3) is 0 Å². The standard InChI is InChI=1S/C12H10ClFN4O3/c1-2-21-12-10(18(19)20)11(15-6-16-12)17-7-3-4-9(14)8(13)5-7/h3-6H,2H2,1H3,(H,15,16,17). The molecule has 0 fully saturated rings. The summed E-state index contributed by atoms with van der Waals surface area (Å²) in [6.07, 6.45) is 1.13. The Morgan fingerprint density at radius 2 is 2.24 bits per heavy atom. The molecule has 0 saturated heterocycles. The minimum absolute atomic E-state index is 0.0684. The summed E-state index contributed by atoms with van der Waals surface area (Å²) in [5.74, 6) is -0.802. The van der Waals surface area contributed by atoms with Crippen molar-refractivity contribution in [3.63, 3.8) is 0 Å². The Kier molecular flexibility index (Phi) is 4.49. The van der Waals surface area contributed by atoms with Gasteiger partial charge in [0.2, 0.25) is 5.82 Å². The molecule has 1 heterocycles. The summed E-state index contributed by atoms with van der Waals surface area (Å²) in [6, 6.07) is 3.82. The molecule has 0 atom stereocenters. The highest BCUT2D eigenvalue weighted by Crippen LogP contribution is 2.33. The summed E-state index contributed by atoms with van der Waals surface area (Å²) < 4.78 is 18.2. The lowest BCUT2D eigenvalue weighted by Crippen LogP contribution is -2.05. The summed E-state index contributed by atoms with van der Waals surface area (Å²) in [6.45, 7) is 1.90. The van der Waals surface area contributed by atoms with Crippen LogP contribution in [0.5, 0.6) is 5.88 Å². The van der Waals surface area contributed by atoms with E-state index in [1.54, 1.807) is 6.92 Å². The number of nitrogens with one attached hydrogen (secondary N) is 1. The molecule has 0 aliphatic heterocycles. The molecule has 7 nitrogen and oxygen atoms in total. The smallest absolute Gasteiger partial charge is 0.373 e. The van der Waals surface area contributed by atoms with E-state index in [9.17, 15) is 14.5 Å². The predicted octanol–water partition coefficient (Wildman–Crippen LogP) is 3.32. The van der Waals surface area contributed by atoms with Crippen molar-refractivity contribution >= 4 is 28.8 Å². The third-order valence-electron chi connectivity index (χ3n) is 2.43. The number of hydrogen-bond acceptors (Lipinski definition) is 6. The fraction of sp³-hybridized carbons (Fsp3) is 0.167. The Hall–Kier alpha value is -2.48. The predicted molar refractivity (Wildman–Crippen MR) is 74.5 cm³/mol. The van der Waals surface area contributed by atoms with E-state index in [4.69, 9.17) is 16.3 Å². The van der Waals surface area contributed by atoms with Crippen LogP contribution in [0.15, 0.2) is 24.5 Å². The lowest BCUT2D eigenvalue weighted by Gasteiger charge is -2.09.